The van der Waals surface area contributed by atoms with E-state index in [0.717, 1.165) is 5.56 Å². The molecule has 0 unspecified atom stereocenters. The van der Waals surface area contributed by atoms with Crippen LogP contribution >= 0.6 is 11.6 Å². The van der Waals surface area contributed by atoms with E-state index >= 15 is 0 Å². The van der Waals surface area contributed by atoms with E-state index in [-0.39, 0.29) is 10.6 Å². The number of anilines is 1. The van der Waals surface area contributed by atoms with E-state index in [9.17, 15) is 4.79 Å². The highest BCUT2D eigenvalue weighted by atomic mass is 35.5. The quantitative estimate of drug-likeness (QED) is 0.664. The maximum atomic E-state index is 11.0. The molecule has 0 aliphatic rings. The van der Waals surface area contributed by atoms with Crippen LogP contribution in [-0.4, -0.2) is 17.3 Å². The van der Waals surface area contributed by atoms with Crippen LogP contribution in [-0.2, 0) is 0 Å². The average molecular weight is 289 g/mol. The van der Waals surface area contributed by atoms with Gasteiger partial charge in [-0.3, -0.25) is 5.43 Å². The summed E-state index contributed by atoms with van der Waals surface area (Å²) in [6.45, 7) is 2.01. The number of hydrogen-bond acceptors (Lipinski definition) is 3. The van der Waals surface area contributed by atoms with Gasteiger partial charge >= 0.3 is 5.97 Å². The zero-order valence-corrected chi connectivity index (χ0v) is 11.6. The van der Waals surface area contributed by atoms with E-state index in [2.05, 4.69) is 10.5 Å². The van der Waals surface area contributed by atoms with Crippen LogP contribution in [0.2, 0.25) is 5.02 Å². The predicted molar refractivity (Wildman–Crippen MR) is 80.8 cm³/mol. The molecular formula is C15H13ClN2O2. The Bertz CT molecular complexity index is 651. The molecule has 0 radical (unpaired) electrons. The Hall–Kier alpha value is -2.33. The first kappa shape index (κ1) is 14.1. The topological polar surface area (TPSA) is 61.7 Å². The lowest BCUT2D eigenvalue weighted by Gasteiger charge is -2.03. The van der Waals surface area contributed by atoms with Crippen molar-refractivity contribution in [2.24, 2.45) is 5.10 Å². The summed E-state index contributed by atoms with van der Waals surface area (Å²) in [4.78, 5) is 11.0. The SMILES string of the molecule is Cc1ccc(/C=N/Nc2ccc(Cl)c(C(=O)O)c2)cc1. The van der Waals surface area contributed by atoms with Crippen molar-refractivity contribution < 1.29 is 9.90 Å². The fourth-order valence-electron chi connectivity index (χ4n) is 1.59. The molecule has 0 aliphatic heterocycles. The number of nitrogens with one attached hydrogen (secondary N) is 1. The first-order valence-electron chi connectivity index (χ1n) is 5.95. The van der Waals surface area contributed by atoms with Crippen LogP contribution in [0.4, 0.5) is 5.69 Å². The molecule has 20 heavy (non-hydrogen) atoms. The summed E-state index contributed by atoms with van der Waals surface area (Å²) in [5.41, 5.74) is 5.52. The lowest BCUT2D eigenvalue weighted by atomic mass is 10.2. The van der Waals surface area contributed by atoms with Crippen molar-refractivity contribution in [3.8, 4) is 0 Å². The molecule has 0 saturated carbocycles. The van der Waals surface area contributed by atoms with E-state index < -0.39 is 5.97 Å². The van der Waals surface area contributed by atoms with Gasteiger partial charge in [0.25, 0.3) is 0 Å². The van der Waals surface area contributed by atoms with Crippen LogP contribution in [0.5, 0.6) is 0 Å². The fraction of sp³-hybridized carbons (Fsp3) is 0.0667. The Labute approximate surface area is 121 Å². The fourth-order valence-corrected chi connectivity index (χ4v) is 1.79. The van der Waals surface area contributed by atoms with Crippen molar-refractivity contribution in [1.29, 1.82) is 0 Å². The Morgan fingerprint density at radius 2 is 1.95 bits per heavy atom. The largest absolute Gasteiger partial charge is 0.478 e. The number of nitrogens with zero attached hydrogens (tertiary/aromatic N) is 1. The first-order valence-corrected chi connectivity index (χ1v) is 6.32. The molecule has 4 nitrogen and oxygen atoms in total. The van der Waals surface area contributed by atoms with Crippen molar-refractivity contribution in [3.05, 3.63) is 64.2 Å². The summed E-state index contributed by atoms with van der Waals surface area (Å²) in [5, 5.41) is 13.2. The van der Waals surface area contributed by atoms with Crippen molar-refractivity contribution in [1.82, 2.24) is 0 Å². The zero-order valence-electron chi connectivity index (χ0n) is 10.8. The van der Waals surface area contributed by atoms with Gasteiger partial charge in [-0.25, -0.2) is 4.79 Å². The minimum atomic E-state index is -1.07. The van der Waals surface area contributed by atoms with Crippen molar-refractivity contribution in [2.75, 3.05) is 5.43 Å². The monoisotopic (exact) mass is 288 g/mol. The summed E-state index contributed by atoms with van der Waals surface area (Å²) in [6.07, 6.45) is 1.66. The van der Waals surface area contributed by atoms with E-state index in [0.29, 0.717) is 5.69 Å². The number of rotatable bonds is 4. The van der Waals surface area contributed by atoms with E-state index in [1.807, 2.05) is 31.2 Å². The second-order valence-corrected chi connectivity index (χ2v) is 4.69. The molecule has 2 aromatic rings. The molecule has 0 atom stereocenters. The van der Waals surface area contributed by atoms with Crippen LogP contribution in [0, 0.1) is 6.92 Å². The third kappa shape index (κ3) is 3.59. The van der Waals surface area contributed by atoms with Gasteiger partial charge in [-0.05, 0) is 30.7 Å². The molecule has 0 spiro atoms. The van der Waals surface area contributed by atoms with Crippen LogP contribution in [0.3, 0.4) is 0 Å². The van der Waals surface area contributed by atoms with Gasteiger partial charge in [0.1, 0.15) is 0 Å². The number of carboxylic acid groups (broad SMARTS) is 1. The molecule has 5 heteroatoms. The number of carbonyl (C=O) groups is 1. The third-order valence-electron chi connectivity index (χ3n) is 2.68. The van der Waals surface area contributed by atoms with Gasteiger partial charge in [-0.15, -0.1) is 0 Å². The summed E-state index contributed by atoms with van der Waals surface area (Å²) >= 11 is 5.79. The van der Waals surface area contributed by atoms with Gasteiger partial charge in [0.2, 0.25) is 0 Å². The van der Waals surface area contributed by atoms with E-state index in [1.165, 1.54) is 17.7 Å². The molecule has 102 valence electrons. The molecular weight excluding hydrogens is 276 g/mol. The number of benzene rings is 2. The summed E-state index contributed by atoms with van der Waals surface area (Å²) in [7, 11) is 0. The Kier molecular flexibility index (Phi) is 4.38. The van der Waals surface area contributed by atoms with Gasteiger partial charge in [0, 0.05) is 0 Å². The first-order chi connectivity index (χ1) is 9.56. The third-order valence-corrected chi connectivity index (χ3v) is 3.01. The molecule has 0 saturated heterocycles. The molecule has 0 fully saturated rings. The number of aromatic carboxylic acids is 1. The van der Waals surface area contributed by atoms with Crippen LogP contribution in [0.15, 0.2) is 47.6 Å². The normalized spacial score (nSPS) is 10.7. The number of hydrogen-bond donors (Lipinski definition) is 2. The number of carboxylic acids is 1. The smallest absolute Gasteiger partial charge is 0.337 e. The summed E-state index contributed by atoms with van der Waals surface area (Å²) in [6, 6.07) is 12.5. The van der Waals surface area contributed by atoms with Gasteiger partial charge in [-0.2, -0.15) is 5.10 Å². The zero-order chi connectivity index (χ0) is 14.5. The summed E-state index contributed by atoms with van der Waals surface area (Å²) < 4.78 is 0. The minimum Gasteiger partial charge on any atom is -0.478 e. The number of aryl methyl sites for hydroxylation is 1. The van der Waals surface area contributed by atoms with Gasteiger partial charge in [-0.1, -0.05) is 41.4 Å². The number of halogens is 1. The Balaban J connectivity index is 2.09. The second kappa shape index (κ2) is 6.21. The molecule has 0 bridgehead atoms. The molecule has 0 amide bonds. The molecule has 0 aliphatic carbocycles. The van der Waals surface area contributed by atoms with Crippen LogP contribution < -0.4 is 5.43 Å². The standard InChI is InChI=1S/C15H13ClN2O2/c1-10-2-4-11(5-3-10)9-17-18-12-6-7-14(16)13(8-12)15(19)20/h2-9,18H,1H3,(H,19,20)/b17-9+. The predicted octanol–water partition coefficient (Wildman–Crippen LogP) is 3.79. The van der Waals surface area contributed by atoms with E-state index in [4.69, 9.17) is 16.7 Å². The molecule has 2 aromatic carbocycles. The summed E-state index contributed by atoms with van der Waals surface area (Å²) in [5.74, 6) is -1.07. The van der Waals surface area contributed by atoms with Gasteiger partial charge in [0.15, 0.2) is 0 Å². The lowest BCUT2D eigenvalue weighted by molar-refractivity contribution is 0.0697. The van der Waals surface area contributed by atoms with Crippen molar-refractivity contribution >= 4 is 29.5 Å². The molecule has 2 rings (SSSR count). The maximum absolute atomic E-state index is 11.0. The minimum absolute atomic E-state index is 0.0437. The van der Waals surface area contributed by atoms with Crippen LogP contribution in [0.1, 0.15) is 21.5 Å². The lowest BCUT2D eigenvalue weighted by Crippen LogP contribution is -1.99. The molecule has 2 N–H and O–H groups in total. The van der Waals surface area contributed by atoms with Crippen LogP contribution in [0.25, 0.3) is 0 Å². The van der Waals surface area contributed by atoms with Gasteiger partial charge in [0.05, 0.1) is 22.5 Å². The maximum Gasteiger partial charge on any atom is 0.337 e. The van der Waals surface area contributed by atoms with Crippen molar-refractivity contribution in [3.63, 3.8) is 0 Å². The second-order valence-electron chi connectivity index (χ2n) is 4.28. The highest BCUT2D eigenvalue weighted by Gasteiger charge is 2.08. The van der Waals surface area contributed by atoms with Gasteiger partial charge < -0.3 is 5.11 Å². The molecule has 0 aromatic heterocycles. The average Bonchev–Trinajstić information content (AvgIpc) is 2.42. The van der Waals surface area contributed by atoms with Crippen molar-refractivity contribution in [2.45, 2.75) is 6.92 Å². The number of hydrazone groups is 1. The highest BCUT2D eigenvalue weighted by Crippen LogP contribution is 2.20. The Morgan fingerprint density at radius 1 is 1.25 bits per heavy atom. The molecule has 0 heterocycles. The highest BCUT2D eigenvalue weighted by molar-refractivity contribution is 6.33. The van der Waals surface area contributed by atoms with E-state index in [1.54, 1.807) is 12.3 Å². The Morgan fingerprint density at radius 3 is 2.60 bits per heavy atom.